The fraction of sp³-hybridized carbons (Fsp3) is 0.135. The highest BCUT2D eigenvalue weighted by Crippen LogP contribution is 2.44. The molecule has 1 N–H and O–H groups in total. The lowest BCUT2D eigenvalue weighted by Crippen LogP contribution is -2.39. The van der Waals surface area contributed by atoms with Crippen LogP contribution in [-0.2, 0) is 4.74 Å². The van der Waals surface area contributed by atoms with Crippen molar-refractivity contribution in [1.82, 2.24) is 5.32 Å². The minimum Gasteiger partial charge on any atom is -0.449 e. The van der Waals surface area contributed by atoms with E-state index < -0.39 is 12.1 Å². The lowest BCUT2D eigenvalue weighted by atomic mass is 9.84. The minimum absolute atomic E-state index is 0.0531. The normalized spacial score (nSPS) is 12.8. The topological polar surface area (TPSA) is 55.4 Å². The van der Waals surface area contributed by atoms with Gasteiger partial charge in [-0.3, -0.25) is 4.79 Å². The van der Waals surface area contributed by atoms with Gasteiger partial charge in [0.25, 0.3) is 0 Å². The molecule has 1 amide bonds. The van der Waals surface area contributed by atoms with Crippen LogP contribution in [0.5, 0.6) is 0 Å². The Balaban J connectivity index is 1.14. The number of ether oxygens (including phenoxy) is 1. The van der Waals surface area contributed by atoms with Crippen molar-refractivity contribution in [2.24, 2.45) is 0 Å². The molecule has 0 bridgehead atoms. The van der Waals surface area contributed by atoms with Gasteiger partial charge in [-0.05, 0) is 51.9 Å². The maximum atomic E-state index is 13.3. The Hall–Kier alpha value is -4.67. The van der Waals surface area contributed by atoms with Gasteiger partial charge in [0.15, 0.2) is 5.78 Å². The molecule has 4 nitrogen and oxygen atoms in total. The van der Waals surface area contributed by atoms with Crippen molar-refractivity contribution in [3.8, 4) is 11.1 Å². The quantitative estimate of drug-likeness (QED) is 0.150. The predicted octanol–water partition coefficient (Wildman–Crippen LogP) is 8.63. The van der Waals surface area contributed by atoms with E-state index in [1.165, 1.54) is 0 Å². The number of carbonyl (C=O) groups excluding carboxylic acids is 2. The fourth-order valence-electron chi connectivity index (χ4n) is 5.89. The summed E-state index contributed by atoms with van der Waals surface area (Å²) in [6.45, 7) is 1.84. The van der Waals surface area contributed by atoms with E-state index in [9.17, 15) is 9.59 Å². The molecule has 0 unspecified atom stereocenters. The minimum atomic E-state index is -0.790. The smallest absolute Gasteiger partial charge is 0.407 e. The number of benzene rings is 5. The first-order chi connectivity index (χ1) is 20.5. The molecule has 5 aromatic rings. The number of amides is 1. The first-order valence-corrected chi connectivity index (χ1v) is 14.4. The molecule has 42 heavy (non-hydrogen) atoms. The third kappa shape index (κ3) is 5.46. The molecule has 0 spiro atoms. The van der Waals surface area contributed by atoms with Crippen LogP contribution in [0.25, 0.3) is 11.1 Å². The molecule has 0 saturated heterocycles. The molecule has 5 heteroatoms. The number of fused-ring (bicyclic) bond motifs is 3. The Morgan fingerprint density at radius 3 is 1.81 bits per heavy atom. The Labute approximate surface area is 250 Å². The van der Waals surface area contributed by atoms with Gasteiger partial charge >= 0.3 is 6.09 Å². The van der Waals surface area contributed by atoms with Crippen LogP contribution in [0.2, 0.25) is 5.02 Å². The van der Waals surface area contributed by atoms with Crippen molar-refractivity contribution < 1.29 is 14.3 Å². The van der Waals surface area contributed by atoms with Crippen LogP contribution in [0.1, 0.15) is 56.9 Å². The molecule has 0 radical (unpaired) electrons. The highest BCUT2D eigenvalue weighted by atomic mass is 35.5. The zero-order valence-electron chi connectivity index (χ0n) is 23.2. The van der Waals surface area contributed by atoms with E-state index in [4.69, 9.17) is 16.3 Å². The Morgan fingerprint density at radius 2 is 1.26 bits per heavy atom. The average molecular weight is 572 g/mol. The maximum absolute atomic E-state index is 13.3. The second-order valence-corrected chi connectivity index (χ2v) is 11.0. The van der Waals surface area contributed by atoms with Crippen LogP contribution in [0, 0.1) is 0 Å². The SMILES string of the molecule is C[C@@H](NC(=O)OCC1c2ccccc2-c2ccccc21)C(=O)c1ccc(C(c2ccccc2)c2ccccc2)c(Cl)c1. The van der Waals surface area contributed by atoms with Gasteiger partial charge in [0.2, 0.25) is 0 Å². The first kappa shape index (κ1) is 27.5. The van der Waals surface area contributed by atoms with Crippen LogP contribution >= 0.6 is 11.6 Å². The molecular formula is C37H30ClNO3. The lowest BCUT2D eigenvalue weighted by Gasteiger charge is -2.21. The lowest BCUT2D eigenvalue weighted by molar-refractivity contribution is 0.0929. The molecule has 0 aliphatic heterocycles. The van der Waals surface area contributed by atoms with Crippen molar-refractivity contribution in [2.45, 2.75) is 24.8 Å². The van der Waals surface area contributed by atoms with Gasteiger partial charge in [-0.25, -0.2) is 4.79 Å². The summed E-state index contributed by atoms with van der Waals surface area (Å²) in [6, 6.07) is 41.2. The number of nitrogens with one attached hydrogen (secondary N) is 1. The molecule has 0 fully saturated rings. The molecule has 5 aromatic carbocycles. The highest BCUT2D eigenvalue weighted by Gasteiger charge is 2.29. The van der Waals surface area contributed by atoms with E-state index in [0.29, 0.717) is 10.6 Å². The highest BCUT2D eigenvalue weighted by molar-refractivity contribution is 6.32. The zero-order chi connectivity index (χ0) is 29.1. The molecule has 0 aromatic heterocycles. The third-order valence-electron chi connectivity index (χ3n) is 7.93. The summed E-state index contributed by atoms with van der Waals surface area (Å²) in [5.41, 5.74) is 8.13. The van der Waals surface area contributed by atoms with Gasteiger partial charge in [0.1, 0.15) is 6.61 Å². The Morgan fingerprint density at radius 1 is 0.738 bits per heavy atom. The summed E-state index contributed by atoms with van der Waals surface area (Å²) >= 11 is 6.82. The number of alkyl carbamates (subject to hydrolysis) is 1. The van der Waals surface area contributed by atoms with E-state index in [1.54, 1.807) is 19.1 Å². The van der Waals surface area contributed by atoms with Crippen molar-refractivity contribution in [3.63, 3.8) is 0 Å². The van der Waals surface area contributed by atoms with Gasteiger partial charge in [-0.15, -0.1) is 0 Å². The van der Waals surface area contributed by atoms with Crippen molar-refractivity contribution in [1.29, 1.82) is 0 Å². The summed E-state index contributed by atoms with van der Waals surface area (Å²) in [4.78, 5) is 26.1. The molecular weight excluding hydrogens is 542 g/mol. The van der Waals surface area contributed by atoms with Gasteiger partial charge < -0.3 is 10.1 Å². The number of carbonyl (C=O) groups is 2. The maximum Gasteiger partial charge on any atom is 0.407 e. The monoisotopic (exact) mass is 571 g/mol. The second kappa shape index (κ2) is 12.1. The van der Waals surface area contributed by atoms with E-state index in [2.05, 4.69) is 53.8 Å². The number of Topliss-reactive ketones (excluding diaryl/α,β-unsaturated/α-hetero) is 1. The predicted molar refractivity (Wildman–Crippen MR) is 167 cm³/mol. The Kier molecular flexibility index (Phi) is 7.89. The number of hydrogen-bond donors (Lipinski definition) is 1. The van der Waals surface area contributed by atoms with E-state index in [-0.39, 0.29) is 24.2 Å². The van der Waals surface area contributed by atoms with Crippen molar-refractivity contribution in [3.05, 3.63) is 166 Å². The van der Waals surface area contributed by atoms with E-state index in [1.807, 2.05) is 66.7 Å². The average Bonchev–Trinajstić information content (AvgIpc) is 3.35. The van der Waals surface area contributed by atoms with Gasteiger partial charge in [-0.1, -0.05) is 133 Å². The van der Waals surface area contributed by atoms with Crippen LogP contribution in [0.15, 0.2) is 127 Å². The first-order valence-electron chi connectivity index (χ1n) is 14.1. The molecule has 208 valence electrons. The molecule has 1 atom stereocenters. The summed E-state index contributed by atoms with van der Waals surface area (Å²) in [5.74, 6) is -0.379. The van der Waals surface area contributed by atoms with Crippen molar-refractivity contribution in [2.75, 3.05) is 6.61 Å². The van der Waals surface area contributed by atoms with Gasteiger partial charge in [0, 0.05) is 22.4 Å². The van der Waals surface area contributed by atoms with Crippen molar-refractivity contribution >= 4 is 23.5 Å². The molecule has 0 saturated carbocycles. The third-order valence-corrected chi connectivity index (χ3v) is 8.26. The summed E-state index contributed by atoms with van der Waals surface area (Å²) in [5, 5.41) is 3.20. The van der Waals surface area contributed by atoms with Crippen LogP contribution < -0.4 is 5.32 Å². The fourth-order valence-corrected chi connectivity index (χ4v) is 6.18. The molecule has 0 heterocycles. The summed E-state index contributed by atoms with van der Waals surface area (Å²) < 4.78 is 5.64. The van der Waals surface area contributed by atoms with Gasteiger partial charge in [-0.2, -0.15) is 0 Å². The van der Waals surface area contributed by atoms with Crippen LogP contribution in [0.4, 0.5) is 4.79 Å². The number of hydrogen-bond acceptors (Lipinski definition) is 3. The summed E-state index contributed by atoms with van der Waals surface area (Å²) in [6.07, 6.45) is -0.631. The van der Waals surface area contributed by atoms with Crippen LogP contribution in [-0.4, -0.2) is 24.5 Å². The second-order valence-electron chi connectivity index (χ2n) is 10.5. The van der Waals surface area contributed by atoms with E-state index in [0.717, 1.165) is 38.9 Å². The van der Waals surface area contributed by atoms with E-state index >= 15 is 0 Å². The number of halogens is 1. The number of ketones is 1. The van der Waals surface area contributed by atoms with Crippen LogP contribution in [0.3, 0.4) is 0 Å². The molecule has 1 aliphatic rings. The Bertz CT molecular complexity index is 1650. The zero-order valence-corrected chi connectivity index (χ0v) is 23.9. The summed E-state index contributed by atoms with van der Waals surface area (Å²) in [7, 11) is 0. The number of rotatable bonds is 8. The molecule has 1 aliphatic carbocycles. The van der Waals surface area contributed by atoms with Gasteiger partial charge in [0.05, 0.1) is 6.04 Å². The largest absolute Gasteiger partial charge is 0.449 e. The standard InChI is InChI=1S/C37H30ClNO3/c1-24(39-37(41)42-23-33-30-18-10-8-16-28(30)29-17-9-11-19-31(29)33)36(40)27-20-21-32(34(38)22-27)35(25-12-4-2-5-13-25)26-14-6-3-7-15-26/h2-22,24,33,35H,23H2,1H3,(H,39,41)/t24-/m1/s1. The molecule has 6 rings (SSSR count).